The third kappa shape index (κ3) is 3.85. The summed E-state index contributed by atoms with van der Waals surface area (Å²) in [5.41, 5.74) is 0.818. The van der Waals surface area contributed by atoms with Crippen LogP contribution in [0.15, 0.2) is 64.1 Å². The Morgan fingerprint density at radius 2 is 2.08 bits per heavy atom. The lowest BCUT2D eigenvalue weighted by molar-refractivity contribution is -0.119. The number of carbonyl (C=O) groups is 1. The van der Waals surface area contributed by atoms with E-state index in [1.165, 1.54) is 25.1 Å². The van der Waals surface area contributed by atoms with Crippen molar-refractivity contribution in [1.29, 1.82) is 0 Å². The number of rotatable bonds is 4. The highest BCUT2D eigenvalue weighted by Crippen LogP contribution is 2.20. The molecule has 0 aliphatic carbocycles. The van der Waals surface area contributed by atoms with Crippen molar-refractivity contribution in [2.24, 2.45) is 0 Å². The predicted molar refractivity (Wildman–Crippen MR) is 99.2 cm³/mol. The summed E-state index contributed by atoms with van der Waals surface area (Å²) >= 11 is 3.15. The average molecular weight is 417 g/mol. The third-order valence-corrected chi connectivity index (χ3v) is 4.21. The van der Waals surface area contributed by atoms with Gasteiger partial charge in [0.05, 0.1) is 11.4 Å². The molecule has 132 valence electrons. The second kappa shape index (κ2) is 7.57. The van der Waals surface area contributed by atoms with Crippen molar-refractivity contribution in [2.75, 3.05) is 5.32 Å². The van der Waals surface area contributed by atoms with E-state index in [1.807, 2.05) is 0 Å². The molecule has 0 radical (unpaired) electrons. The maximum absolute atomic E-state index is 13.9. The number of carbonyl (C=O) groups excluding carboxylic acids is 1. The lowest BCUT2D eigenvalue weighted by Gasteiger charge is -2.15. The van der Waals surface area contributed by atoms with E-state index in [0.717, 1.165) is 4.68 Å². The highest BCUT2D eigenvalue weighted by Gasteiger charge is 2.19. The molecule has 1 aromatic carbocycles. The van der Waals surface area contributed by atoms with Gasteiger partial charge >= 0.3 is 0 Å². The van der Waals surface area contributed by atoms with Crippen LogP contribution in [0.25, 0.3) is 11.3 Å². The Morgan fingerprint density at radius 1 is 1.27 bits per heavy atom. The molecule has 0 saturated heterocycles. The number of nitrogens with one attached hydrogen (secondary N) is 1. The number of hydrogen-bond donors (Lipinski definition) is 1. The van der Waals surface area contributed by atoms with Crippen LogP contribution in [-0.2, 0) is 4.79 Å². The Bertz CT molecular complexity index is 1010. The van der Waals surface area contributed by atoms with Crippen molar-refractivity contribution < 1.29 is 9.18 Å². The summed E-state index contributed by atoms with van der Waals surface area (Å²) in [5, 5.41) is 6.72. The maximum atomic E-state index is 13.9. The molecule has 0 saturated carbocycles. The fourth-order valence-corrected chi connectivity index (χ4v) is 2.64. The number of halogens is 2. The zero-order valence-corrected chi connectivity index (χ0v) is 15.3. The molecule has 3 rings (SSSR count). The van der Waals surface area contributed by atoms with E-state index in [-0.39, 0.29) is 5.69 Å². The molecule has 0 aliphatic rings. The van der Waals surface area contributed by atoms with Gasteiger partial charge in [-0.25, -0.2) is 9.07 Å². The van der Waals surface area contributed by atoms with E-state index in [2.05, 4.69) is 31.3 Å². The van der Waals surface area contributed by atoms with Crippen LogP contribution in [0.1, 0.15) is 13.0 Å². The molecule has 1 amide bonds. The molecule has 1 atom stereocenters. The number of amides is 1. The molecular weight excluding hydrogens is 403 g/mol. The summed E-state index contributed by atoms with van der Waals surface area (Å²) in [5.74, 6) is -1.13. The Hall–Kier alpha value is -2.87. The summed E-state index contributed by atoms with van der Waals surface area (Å²) in [7, 11) is 0. The largest absolute Gasteiger partial charge is 0.322 e. The summed E-state index contributed by atoms with van der Waals surface area (Å²) in [6, 6.07) is 9.80. The van der Waals surface area contributed by atoms with Gasteiger partial charge in [0.2, 0.25) is 5.91 Å². The van der Waals surface area contributed by atoms with Crippen LogP contribution in [0.4, 0.5) is 10.1 Å². The van der Waals surface area contributed by atoms with E-state index in [9.17, 15) is 14.0 Å². The van der Waals surface area contributed by atoms with Gasteiger partial charge < -0.3 is 5.32 Å². The molecule has 1 unspecified atom stereocenters. The topological polar surface area (TPSA) is 76.9 Å². The van der Waals surface area contributed by atoms with Crippen LogP contribution in [0.5, 0.6) is 0 Å². The van der Waals surface area contributed by atoms with Crippen molar-refractivity contribution in [1.82, 2.24) is 14.8 Å². The van der Waals surface area contributed by atoms with Gasteiger partial charge in [0.15, 0.2) is 0 Å². The summed E-state index contributed by atoms with van der Waals surface area (Å²) in [6.07, 6.45) is 3.24. The minimum atomic E-state index is -0.929. The summed E-state index contributed by atoms with van der Waals surface area (Å²) in [6.45, 7) is 1.52. The van der Waals surface area contributed by atoms with Crippen LogP contribution < -0.4 is 10.9 Å². The second-order valence-electron chi connectivity index (χ2n) is 5.53. The summed E-state index contributed by atoms with van der Waals surface area (Å²) in [4.78, 5) is 28.6. The van der Waals surface area contributed by atoms with E-state index < -0.39 is 23.3 Å². The fourth-order valence-electron chi connectivity index (χ4n) is 2.31. The average Bonchev–Trinajstić information content (AvgIpc) is 2.64. The maximum Gasteiger partial charge on any atom is 0.267 e. The first kappa shape index (κ1) is 17.9. The van der Waals surface area contributed by atoms with E-state index in [0.29, 0.717) is 15.7 Å². The van der Waals surface area contributed by atoms with Crippen molar-refractivity contribution in [3.8, 4) is 11.3 Å². The van der Waals surface area contributed by atoms with Crippen molar-refractivity contribution in [2.45, 2.75) is 13.0 Å². The normalized spacial score (nSPS) is 11.8. The quantitative estimate of drug-likeness (QED) is 0.706. The van der Waals surface area contributed by atoms with E-state index in [1.54, 1.807) is 36.7 Å². The van der Waals surface area contributed by atoms with Crippen LogP contribution in [-0.4, -0.2) is 20.7 Å². The molecule has 3 aromatic rings. The lowest BCUT2D eigenvalue weighted by Crippen LogP contribution is -2.33. The molecule has 6 nitrogen and oxygen atoms in total. The lowest BCUT2D eigenvalue weighted by atomic mass is 10.2. The zero-order chi connectivity index (χ0) is 18.7. The Morgan fingerprint density at radius 3 is 2.77 bits per heavy atom. The van der Waals surface area contributed by atoms with Gasteiger partial charge in [0.25, 0.3) is 5.56 Å². The number of benzene rings is 1. The van der Waals surface area contributed by atoms with Crippen molar-refractivity contribution in [3.05, 3.63) is 75.5 Å². The molecule has 0 fully saturated rings. The SMILES string of the molecule is CC(C(=O)Nc1ccc(Br)cc1F)n1nc(-c2cccnc2)ccc1=O. The number of pyridine rings is 1. The molecular formula is C18H14BrFN4O2. The number of hydrogen-bond acceptors (Lipinski definition) is 4. The minimum Gasteiger partial charge on any atom is -0.322 e. The first-order valence-corrected chi connectivity index (χ1v) is 8.51. The monoisotopic (exact) mass is 416 g/mol. The molecule has 1 N–H and O–H groups in total. The van der Waals surface area contributed by atoms with Gasteiger partial charge in [-0.05, 0) is 43.3 Å². The molecule has 0 spiro atoms. The Kier molecular flexibility index (Phi) is 5.22. The minimum absolute atomic E-state index is 0.0292. The first-order valence-electron chi connectivity index (χ1n) is 7.72. The highest BCUT2D eigenvalue weighted by molar-refractivity contribution is 9.10. The third-order valence-electron chi connectivity index (χ3n) is 3.72. The van der Waals surface area contributed by atoms with Crippen LogP contribution >= 0.6 is 15.9 Å². The van der Waals surface area contributed by atoms with Crippen molar-refractivity contribution >= 4 is 27.5 Å². The zero-order valence-electron chi connectivity index (χ0n) is 13.7. The van der Waals surface area contributed by atoms with Gasteiger partial charge in [-0.3, -0.25) is 14.6 Å². The number of nitrogens with zero attached hydrogens (tertiary/aromatic N) is 3. The Balaban J connectivity index is 1.88. The number of aromatic nitrogens is 3. The smallest absolute Gasteiger partial charge is 0.267 e. The number of anilines is 1. The van der Waals surface area contributed by atoms with Gasteiger partial charge in [-0.2, -0.15) is 5.10 Å². The second-order valence-corrected chi connectivity index (χ2v) is 6.45. The van der Waals surface area contributed by atoms with E-state index >= 15 is 0 Å². The van der Waals surface area contributed by atoms with Gasteiger partial charge in [0.1, 0.15) is 11.9 Å². The highest BCUT2D eigenvalue weighted by atomic mass is 79.9. The Labute approximate surface area is 156 Å². The van der Waals surface area contributed by atoms with Gasteiger partial charge in [0, 0.05) is 28.5 Å². The molecule has 0 aliphatic heterocycles. The predicted octanol–water partition coefficient (Wildman–Crippen LogP) is 3.41. The van der Waals surface area contributed by atoms with Gasteiger partial charge in [-0.15, -0.1) is 0 Å². The van der Waals surface area contributed by atoms with Crippen LogP contribution in [0, 0.1) is 5.82 Å². The van der Waals surface area contributed by atoms with E-state index in [4.69, 9.17) is 0 Å². The molecule has 2 heterocycles. The molecule has 2 aromatic heterocycles. The van der Waals surface area contributed by atoms with Crippen LogP contribution in [0.3, 0.4) is 0 Å². The van der Waals surface area contributed by atoms with Gasteiger partial charge in [-0.1, -0.05) is 15.9 Å². The molecule has 26 heavy (non-hydrogen) atoms. The van der Waals surface area contributed by atoms with Crippen molar-refractivity contribution in [3.63, 3.8) is 0 Å². The first-order chi connectivity index (χ1) is 12.5. The fraction of sp³-hybridized carbons (Fsp3) is 0.111. The summed E-state index contributed by atoms with van der Waals surface area (Å²) < 4.78 is 15.5. The molecule has 8 heteroatoms. The molecule has 0 bridgehead atoms. The van der Waals surface area contributed by atoms with Crippen LogP contribution in [0.2, 0.25) is 0 Å². The standard InChI is InChI=1S/C18H14BrFN4O2/c1-11(18(26)22-16-5-4-13(19)9-14(16)20)24-17(25)7-6-15(23-24)12-3-2-8-21-10-12/h2-11H,1H3,(H,22,26).